The van der Waals surface area contributed by atoms with Crippen LogP contribution < -0.4 is 11.1 Å². The van der Waals surface area contributed by atoms with Gasteiger partial charge in [-0.05, 0) is 26.7 Å². The highest BCUT2D eigenvalue weighted by Crippen LogP contribution is 2.15. The number of anilines is 1. The summed E-state index contributed by atoms with van der Waals surface area (Å²) in [7, 11) is 0. The Morgan fingerprint density at radius 3 is 2.53 bits per heavy atom. The molecule has 0 radical (unpaired) electrons. The van der Waals surface area contributed by atoms with Crippen LogP contribution in [0.3, 0.4) is 0 Å². The molecular weight excluding hydrogens is 216 g/mol. The Hall–Kier alpha value is -1.36. The lowest BCUT2D eigenvalue weighted by atomic mass is 9.93. The van der Waals surface area contributed by atoms with E-state index < -0.39 is 5.54 Å². The van der Waals surface area contributed by atoms with Gasteiger partial charge in [-0.1, -0.05) is 13.8 Å². The van der Waals surface area contributed by atoms with Crippen molar-refractivity contribution in [2.45, 2.75) is 52.1 Å². The van der Waals surface area contributed by atoms with Gasteiger partial charge in [0.15, 0.2) is 5.82 Å². The largest absolute Gasteiger partial charge is 0.317 e. The molecule has 0 saturated heterocycles. The molecule has 0 fully saturated rings. The molecule has 0 spiro atoms. The fourth-order valence-electron chi connectivity index (χ4n) is 1.50. The molecule has 96 valence electrons. The smallest absolute Gasteiger partial charge is 0.245 e. The van der Waals surface area contributed by atoms with Gasteiger partial charge in [-0.15, -0.1) is 0 Å². The number of nitrogens with one attached hydrogen (secondary N) is 1. The molecule has 1 amide bonds. The zero-order valence-electron chi connectivity index (χ0n) is 11.0. The molecular formula is C12H22N4O. The highest BCUT2D eigenvalue weighted by atomic mass is 16.2. The second-order valence-electron chi connectivity index (χ2n) is 4.59. The highest BCUT2D eigenvalue weighted by Gasteiger charge is 2.30. The van der Waals surface area contributed by atoms with E-state index >= 15 is 0 Å². The Labute approximate surface area is 102 Å². The van der Waals surface area contributed by atoms with E-state index in [1.807, 2.05) is 33.9 Å². The first-order valence-corrected chi connectivity index (χ1v) is 6.08. The fourth-order valence-corrected chi connectivity index (χ4v) is 1.50. The molecule has 1 rings (SSSR count). The van der Waals surface area contributed by atoms with Crippen LogP contribution in [0.15, 0.2) is 12.3 Å². The maximum Gasteiger partial charge on any atom is 0.245 e. The van der Waals surface area contributed by atoms with E-state index in [-0.39, 0.29) is 11.9 Å². The molecule has 0 bridgehead atoms. The molecule has 0 aromatic carbocycles. The maximum absolute atomic E-state index is 12.0. The number of carbonyl (C=O) groups is 1. The Morgan fingerprint density at radius 2 is 2.12 bits per heavy atom. The van der Waals surface area contributed by atoms with Gasteiger partial charge in [0.05, 0.1) is 5.54 Å². The van der Waals surface area contributed by atoms with Crippen molar-refractivity contribution in [3.05, 3.63) is 12.3 Å². The van der Waals surface area contributed by atoms with Gasteiger partial charge in [0.1, 0.15) is 0 Å². The number of amides is 1. The lowest BCUT2D eigenvalue weighted by Crippen LogP contribution is -2.50. The molecule has 5 heteroatoms. The van der Waals surface area contributed by atoms with Crippen molar-refractivity contribution in [1.82, 2.24) is 9.78 Å². The predicted octanol–water partition coefficient (Wildman–Crippen LogP) is 1.92. The van der Waals surface area contributed by atoms with Crippen LogP contribution in [-0.4, -0.2) is 21.2 Å². The second-order valence-corrected chi connectivity index (χ2v) is 4.59. The number of hydrogen-bond acceptors (Lipinski definition) is 3. The topological polar surface area (TPSA) is 72.9 Å². The first-order chi connectivity index (χ1) is 7.92. The molecule has 0 atom stereocenters. The third kappa shape index (κ3) is 3.06. The number of carbonyl (C=O) groups excluding carboxylic acids is 1. The molecule has 0 aliphatic rings. The molecule has 1 aromatic rings. The average molecular weight is 238 g/mol. The maximum atomic E-state index is 12.0. The third-order valence-electron chi connectivity index (χ3n) is 3.09. The monoisotopic (exact) mass is 238 g/mol. The first-order valence-electron chi connectivity index (χ1n) is 6.08. The predicted molar refractivity (Wildman–Crippen MR) is 68.7 cm³/mol. The molecule has 0 aliphatic carbocycles. The van der Waals surface area contributed by atoms with Crippen LogP contribution in [-0.2, 0) is 4.79 Å². The first kappa shape index (κ1) is 13.7. The van der Waals surface area contributed by atoms with Crippen molar-refractivity contribution in [2.24, 2.45) is 5.73 Å². The van der Waals surface area contributed by atoms with Crippen molar-refractivity contribution in [2.75, 3.05) is 5.32 Å². The normalized spacial score (nSPS) is 11.9. The summed E-state index contributed by atoms with van der Waals surface area (Å²) < 4.78 is 1.80. The van der Waals surface area contributed by atoms with Gasteiger partial charge in [0, 0.05) is 18.3 Å². The van der Waals surface area contributed by atoms with Crippen LogP contribution in [0.25, 0.3) is 0 Å². The molecule has 0 unspecified atom stereocenters. The van der Waals surface area contributed by atoms with Gasteiger partial charge >= 0.3 is 0 Å². The Morgan fingerprint density at radius 1 is 1.53 bits per heavy atom. The van der Waals surface area contributed by atoms with Gasteiger partial charge in [-0.3, -0.25) is 9.48 Å². The number of rotatable bonds is 5. The minimum Gasteiger partial charge on any atom is -0.317 e. The zero-order valence-corrected chi connectivity index (χ0v) is 11.0. The van der Waals surface area contributed by atoms with Crippen molar-refractivity contribution in [1.29, 1.82) is 0 Å². The van der Waals surface area contributed by atoms with Crippen LogP contribution in [0.2, 0.25) is 0 Å². The van der Waals surface area contributed by atoms with Gasteiger partial charge in [0.25, 0.3) is 0 Å². The van der Waals surface area contributed by atoms with Crippen molar-refractivity contribution in [3.8, 4) is 0 Å². The van der Waals surface area contributed by atoms with Gasteiger partial charge in [-0.25, -0.2) is 0 Å². The zero-order chi connectivity index (χ0) is 13.1. The van der Waals surface area contributed by atoms with Crippen LogP contribution in [0, 0.1) is 0 Å². The van der Waals surface area contributed by atoms with Gasteiger partial charge in [0.2, 0.25) is 5.91 Å². The summed E-state index contributed by atoms with van der Waals surface area (Å²) in [4.78, 5) is 12.0. The highest BCUT2D eigenvalue weighted by molar-refractivity contribution is 5.97. The Kier molecular flexibility index (Phi) is 4.28. The summed E-state index contributed by atoms with van der Waals surface area (Å²) in [5.41, 5.74) is 5.20. The summed E-state index contributed by atoms with van der Waals surface area (Å²) in [6.07, 6.45) is 3.07. The minimum absolute atomic E-state index is 0.170. The van der Waals surface area contributed by atoms with E-state index in [4.69, 9.17) is 5.73 Å². The van der Waals surface area contributed by atoms with Gasteiger partial charge in [-0.2, -0.15) is 5.10 Å². The number of aromatic nitrogens is 2. The van der Waals surface area contributed by atoms with Crippen LogP contribution in [0.5, 0.6) is 0 Å². The second kappa shape index (κ2) is 5.31. The fraction of sp³-hybridized carbons (Fsp3) is 0.667. The summed E-state index contributed by atoms with van der Waals surface area (Å²) in [5.74, 6) is 0.386. The summed E-state index contributed by atoms with van der Waals surface area (Å²) >= 11 is 0. The minimum atomic E-state index is -0.804. The van der Waals surface area contributed by atoms with E-state index in [9.17, 15) is 4.79 Å². The van der Waals surface area contributed by atoms with Crippen LogP contribution >= 0.6 is 0 Å². The van der Waals surface area contributed by atoms with Crippen LogP contribution in [0.4, 0.5) is 5.82 Å². The number of nitrogens with zero attached hydrogens (tertiary/aromatic N) is 2. The lowest BCUT2D eigenvalue weighted by Gasteiger charge is -2.24. The molecule has 1 heterocycles. The number of nitrogens with two attached hydrogens (primary N) is 1. The SMILES string of the molecule is CCC(N)(CC)C(=O)Nc1ccn(C(C)C)n1. The molecule has 0 aliphatic heterocycles. The summed E-state index contributed by atoms with van der Waals surface area (Å²) in [6.45, 7) is 7.89. The third-order valence-corrected chi connectivity index (χ3v) is 3.09. The van der Waals surface area contributed by atoms with E-state index in [2.05, 4.69) is 10.4 Å². The van der Waals surface area contributed by atoms with E-state index in [1.54, 1.807) is 10.7 Å². The van der Waals surface area contributed by atoms with Gasteiger partial charge < -0.3 is 11.1 Å². The lowest BCUT2D eigenvalue weighted by molar-refractivity contribution is -0.121. The van der Waals surface area contributed by atoms with E-state index in [0.29, 0.717) is 18.7 Å². The van der Waals surface area contributed by atoms with Crippen molar-refractivity contribution < 1.29 is 4.79 Å². The van der Waals surface area contributed by atoms with Crippen LogP contribution in [0.1, 0.15) is 46.6 Å². The molecule has 0 saturated carbocycles. The Bertz CT molecular complexity index is 380. The Balaban J connectivity index is 2.74. The molecule has 5 nitrogen and oxygen atoms in total. The van der Waals surface area contributed by atoms with Crippen molar-refractivity contribution in [3.63, 3.8) is 0 Å². The van der Waals surface area contributed by atoms with E-state index in [1.165, 1.54) is 0 Å². The quantitative estimate of drug-likeness (QED) is 0.823. The molecule has 17 heavy (non-hydrogen) atoms. The number of hydrogen-bond donors (Lipinski definition) is 2. The molecule has 1 aromatic heterocycles. The standard InChI is InChI=1S/C12H22N4O/c1-5-12(13,6-2)11(17)14-10-7-8-16(15-10)9(3)4/h7-9H,5-6,13H2,1-4H3,(H,14,15,17). The summed E-state index contributed by atoms with van der Waals surface area (Å²) in [5, 5.41) is 7.02. The summed E-state index contributed by atoms with van der Waals surface area (Å²) in [6, 6.07) is 2.06. The average Bonchev–Trinajstić information content (AvgIpc) is 2.76. The molecule has 3 N–H and O–H groups in total. The van der Waals surface area contributed by atoms with E-state index in [0.717, 1.165) is 0 Å². The van der Waals surface area contributed by atoms with Crippen molar-refractivity contribution >= 4 is 11.7 Å².